The summed E-state index contributed by atoms with van der Waals surface area (Å²) in [5.74, 6) is 0.898. The molecule has 1 saturated heterocycles. The van der Waals surface area contributed by atoms with Gasteiger partial charge in [-0.25, -0.2) is 4.98 Å². The van der Waals surface area contributed by atoms with Crippen LogP contribution >= 0.6 is 11.3 Å². The molecule has 0 aliphatic carbocycles. The molecular weight excluding hydrogens is 380 g/mol. The molecule has 29 heavy (non-hydrogen) atoms. The van der Waals surface area contributed by atoms with Gasteiger partial charge in [-0.05, 0) is 41.8 Å². The lowest BCUT2D eigenvalue weighted by Crippen LogP contribution is -2.44. The maximum atomic E-state index is 13.2. The Morgan fingerprint density at radius 1 is 1.28 bits per heavy atom. The van der Waals surface area contributed by atoms with E-state index in [4.69, 9.17) is 0 Å². The Labute approximate surface area is 175 Å². The topological polar surface area (TPSA) is 58.1 Å². The number of nitrogens with one attached hydrogen (secondary N) is 1. The summed E-state index contributed by atoms with van der Waals surface area (Å²) in [5.41, 5.74) is 2.43. The summed E-state index contributed by atoms with van der Waals surface area (Å²) < 4.78 is 0. The number of thiophene rings is 1. The van der Waals surface area contributed by atoms with Crippen LogP contribution in [0.15, 0.2) is 60.4 Å². The lowest BCUT2D eigenvalue weighted by molar-refractivity contribution is -0.125. The molecule has 0 bridgehead atoms. The molecule has 2 atom stereocenters. The van der Waals surface area contributed by atoms with Gasteiger partial charge in [-0.3, -0.25) is 9.78 Å². The van der Waals surface area contributed by atoms with Gasteiger partial charge in [-0.15, -0.1) is 11.3 Å². The standard InChI is InChI=1S/C23H26N4OS/c1-2-17-7-9-18(10-8-17)22(20-6-4-14-29-20)26-23(28)19-5-3-13-27(16-19)21-15-24-11-12-25-21/h4,6-12,14-15,19,22H,2-3,5,13,16H2,1H3,(H,26,28)/t19-,22-/m1/s1. The third-order valence-corrected chi connectivity index (χ3v) is 6.44. The Morgan fingerprint density at radius 2 is 2.14 bits per heavy atom. The van der Waals surface area contributed by atoms with Crippen molar-refractivity contribution in [2.24, 2.45) is 5.92 Å². The van der Waals surface area contributed by atoms with E-state index in [-0.39, 0.29) is 17.9 Å². The molecule has 0 saturated carbocycles. The van der Waals surface area contributed by atoms with E-state index in [0.29, 0.717) is 6.54 Å². The van der Waals surface area contributed by atoms with Gasteiger partial charge in [0, 0.05) is 30.4 Å². The van der Waals surface area contributed by atoms with Crippen molar-refractivity contribution in [1.29, 1.82) is 0 Å². The SMILES string of the molecule is CCc1ccc([C@@H](NC(=O)[C@@H]2CCCN(c3cnccn3)C2)c2cccs2)cc1. The molecule has 0 unspecified atom stereocenters. The number of hydrogen-bond donors (Lipinski definition) is 1. The molecular formula is C23H26N4OS. The van der Waals surface area contributed by atoms with Crippen LogP contribution in [0.1, 0.15) is 41.8 Å². The number of piperidine rings is 1. The minimum absolute atomic E-state index is 0.0527. The molecule has 6 heteroatoms. The molecule has 1 aromatic carbocycles. The van der Waals surface area contributed by atoms with Gasteiger partial charge in [-0.2, -0.15) is 0 Å². The van der Waals surface area contributed by atoms with Crippen molar-refractivity contribution in [2.75, 3.05) is 18.0 Å². The van der Waals surface area contributed by atoms with Gasteiger partial charge in [0.1, 0.15) is 5.82 Å². The first-order valence-electron chi connectivity index (χ1n) is 10.2. The summed E-state index contributed by atoms with van der Waals surface area (Å²) in [5, 5.41) is 5.38. The van der Waals surface area contributed by atoms with Crippen molar-refractivity contribution in [2.45, 2.75) is 32.2 Å². The fourth-order valence-corrected chi connectivity index (χ4v) is 4.64. The van der Waals surface area contributed by atoms with Gasteiger partial charge in [0.15, 0.2) is 0 Å². The number of benzene rings is 1. The zero-order chi connectivity index (χ0) is 20.1. The number of nitrogens with zero attached hydrogens (tertiary/aromatic N) is 3. The Morgan fingerprint density at radius 3 is 2.83 bits per heavy atom. The van der Waals surface area contributed by atoms with E-state index in [9.17, 15) is 4.79 Å². The number of rotatable bonds is 6. The van der Waals surface area contributed by atoms with Crippen LogP contribution < -0.4 is 10.2 Å². The zero-order valence-electron chi connectivity index (χ0n) is 16.6. The van der Waals surface area contributed by atoms with E-state index in [2.05, 4.69) is 62.8 Å². The second-order valence-electron chi connectivity index (χ2n) is 7.40. The summed E-state index contributed by atoms with van der Waals surface area (Å²) in [6, 6.07) is 12.6. The van der Waals surface area contributed by atoms with Crippen LogP contribution in [0.25, 0.3) is 0 Å². The highest BCUT2D eigenvalue weighted by atomic mass is 32.1. The molecule has 150 valence electrons. The van der Waals surface area contributed by atoms with Gasteiger partial charge in [0.25, 0.3) is 0 Å². The Balaban J connectivity index is 1.50. The van der Waals surface area contributed by atoms with E-state index in [0.717, 1.165) is 42.1 Å². The van der Waals surface area contributed by atoms with Crippen molar-refractivity contribution in [3.63, 3.8) is 0 Å². The summed E-state index contributed by atoms with van der Waals surface area (Å²) in [7, 11) is 0. The lowest BCUT2D eigenvalue weighted by atomic mass is 9.95. The van der Waals surface area contributed by atoms with Crippen molar-refractivity contribution in [3.8, 4) is 0 Å². The number of aryl methyl sites for hydroxylation is 1. The van der Waals surface area contributed by atoms with Gasteiger partial charge in [0.05, 0.1) is 18.2 Å². The number of carbonyl (C=O) groups is 1. The van der Waals surface area contributed by atoms with Crippen molar-refractivity contribution in [3.05, 3.63) is 76.4 Å². The molecule has 2 aromatic heterocycles. The highest BCUT2D eigenvalue weighted by molar-refractivity contribution is 7.10. The monoisotopic (exact) mass is 406 g/mol. The fourth-order valence-electron chi connectivity index (χ4n) is 3.83. The van der Waals surface area contributed by atoms with Crippen LogP contribution in [0.3, 0.4) is 0 Å². The predicted molar refractivity (Wildman–Crippen MR) is 117 cm³/mol. The van der Waals surface area contributed by atoms with E-state index >= 15 is 0 Å². The van der Waals surface area contributed by atoms with E-state index in [1.165, 1.54) is 5.56 Å². The quantitative estimate of drug-likeness (QED) is 0.666. The molecule has 1 N–H and O–H groups in total. The highest BCUT2D eigenvalue weighted by Gasteiger charge is 2.29. The van der Waals surface area contributed by atoms with Crippen molar-refractivity contribution in [1.82, 2.24) is 15.3 Å². The van der Waals surface area contributed by atoms with Crippen LogP contribution in [0.5, 0.6) is 0 Å². The first-order chi connectivity index (χ1) is 14.2. The summed E-state index contributed by atoms with van der Waals surface area (Å²) in [6.45, 7) is 3.74. The molecule has 1 aliphatic heterocycles. The molecule has 0 radical (unpaired) electrons. The largest absolute Gasteiger partial charge is 0.355 e. The van der Waals surface area contributed by atoms with Crippen LogP contribution in [0, 0.1) is 5.92 Å². The third kappa shape index (κ3) is 4.65. The van der Waals surface area contributed by atoms with Crippen LogP contribution in [-0.2, 0) is 11.2 Å². The summed E-state index contributed by atoms with van der Waals surface area (Å²) >= 11 is 1.68. The normalized spacial score (nSPS) is 17.7. The average Bonchev–Trinajstić information content (AvgIpc) is 3.33. The van der Waals surface area contributed by atoms with E-state index in [1.54, 1.807) is 29.9 Å². The zero-order valence-corrected chi connectivity index (χ0v) is 17.4. The Bertz CT molecular complexity index is 912. The second-order valence-corrected chi connectivity index (χ2v) is 8.38. The lowest BCUT2D eigenvalue weighted by Gasteiger charge is -2.33. The molecule has 3 aromatic rings. The maximum Gasteiger partial charge on any atom is 0.225 e. The second kappa shape index (κ2) is 9.18. The molecule has 4 rings (SSSR count). The number of amides is 1. The smallest absolute Gasteiger partial charge is 0.225 e. The van der Waals surface area contributed by atoms with Gasteiger partial charge < -0.3 is 10.2 Å². The van der Waals surface area contributed by atoms with E-state index in [1.807, 2.05) is 6.07 Å². The Hall–Kier alpha value is -2.73. The maximum absolute atomic E-state index is 13.2. The average molecular weight is 407 g/mol. The molecule has 3 heterocycles. The summed E-state index contributed by atoms with van der Waals surface area (Å²) in [4.78, 5) is 25.1. The molecule has 1 aliphatic rings. The van der Waals surface area contributed by atoms with Gasteiger partial charge in [0.2, 0.25) is 5.91 Å². The first kappa shape index (κ1) is 19.6. The molecule has 5 nitrogen and oxygen atoms in total. The fraction of sp³-hybridized carbons (Fsp3) is 0.348. The molecule has 1 fully saturated rings. The minimum Gasteiger partial charge on any atom is -0.355 e. The van der Waals surface area contributed by atoms with Crippen molar-refractivity contribution < 1.29 is 4.79 Å². The summed E-state index contributed by atoms with van der Waals surface area (Å²) in [6.07, 6.45) is 8.03. The minimum atomic E-state index is -0.111. The van der Waals surface area contributed by atoms with Crippen LogP contribution in [-0.4, -0.2) is 29.0 Å². The van der Waals surface area contributed by atoms with E-state index < -0.39 is 0 Å². The van der Waals surface area contributed by atoms with Crippen molar-refractivity contribution >= 4 is 23.1 Å². The molecule has 1 amide bonds. The molecule has 0 spiro atoms. The van der Waals surface area contributed by atoms with Gasteiger partial charge in [-0.1, -0.05) is 37.3 Å². The number of anilines is 1. The van der Waals surface area contributed by atoms with Crippen LogP contribution in [0.4, 0.5) is 5.82 Å². The first-order valence-corrected chi connectivity index (χ1v) is 11.1. The number of hydrogen-bond acceptors (Lipinski definition) is 5. The number of carbonyl (C=O) groups excluding carboxylic acids is 1. The van der Waals surface area contributed by atoms with Crippen LogP contribution in [0.2, 0.25) is 0 Å². The third-order valence-electron chi connectivity index (χ3n) is 5.50. The highest BCUT2D eigenvalue weighted by Crippen LogP contribution is 2.28. The number of aromatic nitrogens is 2. The van der Waals surface area contributed by atoms with Gasteiger partial charge >= 0.3 is 0 Å². The Kier molecular flexibility index (Phi) is 6.20. The predicted octanol–water partition coefficient (Wildman–Crippen LogP) is 4.22.